The molecule has 0 radical (unpaired) electrons. The third kappa shape index (κ3) is 5.26. The lowest BCUT2D eigenvalue weighted by Crippen LogP contribution is -2.32. The van der Waals surface area contributed by atoms with Crippen LogP contribution in [0.4, 0.5) is 0 Å². The number of unbranched alkanes of at least 4 members (excludes halogenated alkanes) is 2. The number of aryl methyl sites for hydroxylation is 2. The Morgan fingerprint density at radius 2 is 1.91 bits per heavy atom. The van der Waals surface area contributed by atoms with Crippen LogP contribution in [0.1, 0.15) is 56.5 Å². The first kappa shape index (κ1) is 23.3. The lowest BCUT2D eigenvalue weighted by atomic mass is 10.0. The largest absolute Gasteiger partial charge is 0.328 e. The van der Waals surface area contributed by atoms with Gasteiger partial charge in [0.05, 0.1) is 12.2 Å². The smallest absolute Gasteiger partial charge is 0.321 e. The molecule has 0 aliphatic heterocycles. The highest BCUT2D eigenvalue weighted by atomic mass is 16.1. The van der Waals surface area contributed by atoms with E-state index in [1.165, 1.54) is 0 Å². The monoisotopic (exact) mass is 435 g/mol. The summed E-state index contributed by atoms with van der Waals surface area (Å²) in [6.45, 7) is 5.51. The van der Waals surface area contributed by atoms with Crippen LogP contribution in [-0.4, -0.2) is 20.0 Å². The van der Waals surface area contributed by atoms with Crippen molar-refractivity contribution in [2.24, 2.45) is 16.8 Å². The van der Waals surface area contributed by atoms with Gasteiger partial charge in [-0.25, -0.2) is 10.6 Å². The number of hydrogen-bond acceptors (Lipinski definition) is 5. The van der Waals surface area contributed by atoms with E-state index in [-0.39, 0.29) is 5.69 Å². The Hall–Kier alpha value is -3.39. The van der Waals surface area contributed by atoms with Crippen molar-refractivity contribution in [2.45, 2.75) is 59.0 Å². The minimum atomic E-state index is 0.0404. The van der Waals surface area contributed by atoms with Crippen molar-refractivity contribution in [3.05, 3.63) is 76.2 Å². The van der Waals surface area contributed by atoms with E-state index in [4.69, 9.17) is 11.7 Å². The molecule has 0 fully saturated rings. The zero-order valence-corrected chi connectivity index (χ0v) is 18.9. The molecule has 32 heavy (non-hydrogen) atoms. The number of hydrazine groups is 1. The second-order valence-electron chi connectivity index (χ2n) is 7.85. The van der Waals surface area contributed by atoms with Crippen LogP contribution in [0.15, 0.2) is 58.7 Å². The van der Waals surface area contributed by atoms with Gasteiger partial charge >= 0.3 is 5.69 Å². The third-order valence-corrected chi connectivity index (χ3v) is 5.57. The van der Waals surface area contributed by atoms with E-state index in [9.17, 15) is 4.79 Å². The summed E-state index contributed by atoms with van der Waals surface area (Å²) in [5, 5.41) is 3.72. The van der Waals surface area contributed by atoms with Gasteiger partial charge in [-0.2, -0.15) is 5.10 Å². The number of rotatable bonds is 10. The van der Waals surface area contributed by atoms with Crippen LogP contribution in [0.25, 0.3) is 11.1 Å². The SMILES string of the molecule is CCCCc1cn(CCCC)c(=O)n1Cc1ccc(-c2ccccc2/C(=N/N)NN)cn1. The number of pyridine rings is 1. The zero-order valence-electron chi connectivity index (χ0n) is 18.9. The Bertz CT molecular complexity index is 1100. The van der Waals surface area contributed by atoms with Crippen molar-refractivity contribution in [1.82, 2.24) is 19.5 Å². The van der Waals surface area contributed by atoms with E-state index in [1.54, 1.807) is 0 Å². The molecule has 1 aromatic carbocycles. The molecule has 170 valence electrons. The summed E-state index contributed by atoms with van der Waals surface area (Å²) in [5.41, 5.74) is 7.10. The van der Waals surface area contributed by atoms with Gasteiger partial charge in [-0.05, 0) is 30.9 Å². The summed E-state index contributed by atoms with van der Waals surface area (Å²) in [5.74, 6) is 11.4. The number of nitrogens with two attached hydrogens (primary N) is 2. The second-order valence-corrected chi connectivity index (χ2v) is 7.85. The highest BCUT2D eigenvalue weighted by molar-refractivity contribution is 6.03. The molecule has 0 atom stereocenters. The molecular weight excluding hydrogens is 402 g/mol. The van der Waals surface area contributed by atoms with Crippen LogP contribution >= 0.6 is 0 Å². The third-order valence-electron chi connectivity index (χ3n) is 5.57. The van der Waals surface area contributed by atoms with E-state index >= 15 is 0 Å². The van der Waals surface area contributed by atoms with Crippen LogP contribution in [0.5, 0.6) is 0 Å². The summed E-state index contributed by atoms with van der Waals surface area (Å²) in [7, 11) is 0. The maximum atomic E-state index is 13.0. The van der Waals surface area contributed by atoms with Crippen LogP contribution in [0.2, 0.25) is 0 Å². The number of nitrogens with zero attached hydrogens (tertiary/aromatic N) is 4. The summed E-state index contributed by atoms with van der Waals surface area (Å²) in [6.07, 6.45) is 8.92. The fraction of sp³-hybridized carbons (Fsp3) is 0.375. The van der Waals surface area contributed by atoms with Gasteiger partial charge < -0.3 is 11.3 Å². The standard InChI is InChI=1S/C24H33N7O/c1-3-5-9-20-17-30(14-6-4-2)24(32)31(20)16-19-13-12-18(15-27-19)21-10-7-8-11-22(21)23(28-25)29-26/h7-8,10-13,15,17H,3-6,9,14,16,25-26H2,1-2H3,(H,28,29). The molecule has 8 nitrogen and oxygen atoms in total. The molecule has 8 heteroatoms. The Morgan fingerprint density at radius 1 is 1.12 bits per heavy atom. The van der Waals surface area contributed by atoms with Gasteiger partial charge in [-0.3, -0.25) is 14.1 Å². The predicted octanol–water partition coefficient (Wildman–Crippen LogP) is 2.99. The second kappa shape index (κ2) is 11.3. The minimum absolute atomic E-state index is 0.0404. The van der Waals surface area contributed by atoms with Gasteiger partial charge in [-0.1, -0.05) is 57.0 Å². The fourth-order valence-corrected chi connectivity index (χ4v) is 3.76. The lowest BCUT2D eigenvalue weighted by Gasteiger charge is -2.12. The first-order chi connectivity index (χ1) is 15.6. The molecule has 0 aliphatic carbocycles. The number of hydrazone groups is 1. The van der Waals surface area contributed by atoms with Gasteiger partial charge in [0.25, 0.3) is 0 Å². The summed E-state index contributed by atoms with van der Waals surface area (Å²) >= 11 is 0. The summed E-state index contributed by atoms with van der Waals surface area (Å²) < 4.78 is 3.70. The van der Waals surface area contributed by atoms with E-state index in [2.05, 4.69) is 29.4 Å². The van der Waals surface area contributed by atoms with Crippen molar-refractivity contribution in [1.29, 1.82) is 0 Å². The maximum absolute atomic E-state index is 13.0. The van der Waals surface area contributed by atoms with Crippen molar-refractivity contribution in [3.8, 4) is 11.1 Å². The predicted molar refractivity (Wildman–Crippen MR) is 129 cm³/mol. The molecule has 5 N–H and O–H groups in total. The number of imidazole rings is 1. The lowest BCUT2D eigenvalue weighted by molar-refractivity contribution is 0.589. The Labute approximate surface area is 188 Å². The number of nitrogens with one attached hydrogen (secondary N) is 1. The Kier molecular flexibility index (Phi) is 8.21. The molecule has 0 unspecified atom stereocenters. The van der Waals surface area contributed by atoms with Crippen LogP contribution in [-0.2, 0) is 19.5 Å². The molecule has 0 bridgehead atoms. The van der Waals surface area contributed by atoms with E-state index in [1.807, 2.05) is 57.9 Å². The fourth-order valence-electron chi connectivity index (χ4n) is 3.76. The Morgan fingerprint density at radius 3 is 2.56 bits per heavy atom. The molecular formula is C24H33N7O. The van der Waals surface area contributed by atoms with Crippen molar-refractivity contribution >= 4 is 5.84 Å². The van der Waals surface area contributed by atoms with Gasteiger partial charge in [0, 0.05) is 35.8 Å². The first-order valence-electron chi connectivity index (χ1n) is 11.2. The van der Waals surface area contributed by atoms with Crippen molar-refractivity contribution < 1.29 is 0 Å². The number of amidine groups is 1. The van der Waals surface area contributed by atoms with Crippen LogP contribution in [0, 0.1) is 0 Å². The number of benzene rings is 1. The highest BCUT2D eigenvalue weighted by Gasteiger charge is 2.13. The normalized spacial score (nSPS) is 11.7. The summed E-state index contributed by atoms with van der Waals surface area (Å²) in [6, 6.07) is 11.7. The van der Waals surface area contributed by atoms with Gasteiger partial charge in [0.1, 0.15) is 0 Å². The van der Waals surface area contributed by atoms with Crippen LogP contribution in [0.3, 0.4) is 0 Å². The van der Waals surface area contributed by atoms with E-state index in [0.717, 1.165) is 66.7 Å². The summed E-state index contributed by atoms with van der Waals surface area (Å²) in [4.78, 5) is 17.6. The molecule has 2 aromatic heterocycles. The quantitative estimate of drug-likeness (QED) is 0.196. The molecule has 0 spiro atoms. The maximum Gasteiger partial charge on any atom is 0.328 e. The molecule has 0 amide bonds. The molecule has 3 rings (SSSR count). The molecule has 0 saturated heterocycles. The average molecular weight is 436 g/mol. The number of aromatic nitrogens is 3. The topological polar surface area (TPSA) is 116 Å². The average Bonchev–Trinajstić information content (AvgIpc) is 3.12. The molecule has 0 aliphatic rings. The Balaban J connectivity index is 1.89. The highest BCUT2D eigenvalue weighted by Crippen LogP contribution is 2.23. The van der Waals surface area contributed by atoms with Crippen molar-refractivity contribution in [2.75, 3.05) is 0 Å². The van der Waals surface area contributed by atoms with Gasteiger partial charge in [-0.15, -0.1) is 0 Å². The van der Waals surface area contributed by atoms with Gasteiger partial charge in [0.15, 0.2) is 5.84 Å². The molecule has 3 aromatic rings. The van der Waals surface area contributed by atoms with Crippen molar-refractivity contribution in [3.63, 3.8) is 0 Å². The number of hydrogen-bond donors (Lipinski definition) is 3. The minimum Gasteiger partial charge on any atom is -0.321 e. The van der Waals surface area contributed by atoms with Gasteiger partial charge in [0.2, 0.25) is 0 Å². The van der Waals surface area contributed by atoms with Crippen LogP contribution < -0.4 is 22.8 Å². The molecule has 2 heterocycles. The molecule has 0 saturated carbocycles. The van der Waals surface area contributed by atoms with E-state index in [0.29, 0.717) is 12.4 Å². The zero-order chi connectivity index (χ0) is 22.9. The first-order valence-corrected chi connectivity index (χ1v) is 11.2. The van der Waals surface area contributed by atoms with E-state index < -0.39 is 0 Å².